The van der Waals surface area contributed by atoms with Crippen molar-refractivity contribution < 1.29 is 0 Å². The quantitative estimate of drug-likeness (QED) is 0.242. The molecule has 39 heavy (non-hydrogen) atoms. The molecule has 0 aliphatic heterocycles. The van der Waals surface area contributed by atoms with Crippen molar-refractivity contribution in [2.45, 2.75) is 20.3 Å². The fourth-order valence-electron chi connectivity index (χ4n) is 6.08. The van der Waals surface area contributed by atoms with E-state index in [1.54, 1.807) is 6.20 Å². The minimum absolute atomic E-state index is 0.821. The lowest BCUT2D eigenvalue weighted by Gasteiger charge is -2.24. The van der Waals surface area contributed by atoms with Crippen LogP contribution in [0.2, 0.25) is 0 Å². The van der Waals surface area contributed by atoms with Crippen LogP contribution < -0.4 is 0 Å². The highest BCUT2D eigenvalue weighted by Gasteiger charge is 2.28. The standard InChI is InChI=1S/C36H27N3/c1-23-21-31-28-16-10-9-15-27(28)22-32(31)34(24(23)2)36-30(26-13-7-4-8-14-26)18-17-29(25-11-5-3-6-12-25)35(36)33-19-20-37-39-38-33/h3-21H,22H2,1-2H3. The number of aromatic nitrogens is 3. The van der Waals surface area contributed by atoms with Gasteiger partial charge in [0.1, 0.15) is 0 Å². The van der Waals surface area contributed by atoms with Gasteiger partial charge in [-0.15, -0.1) is 10.2 Å². The molecule has 5 aromatic carbocycles. The van der Waals surface area contributed by atoms with Crippen LogP contribution >= 0.6 is 0 Å². The van der Waals surface area contributed by atoms with Gasteiger partial charge in [0.2, 0.25) is 0 Å². The first-order valence-corrected chi connectivity index (χ1v) is 13.3. The van der Waals surface area contributed by atoms with Gasteiger partial charge in [-0.3, -0.25) is 0 Å². The molecule has 0 bridgehead atoms. The summed E-state index contributed by atoms with van der Waals surface area (Å²) in [7, 11) is 0. The summed E-state index contributed by atoms with van der Waals surface area (Å²) < 4.78 is 0. The molecule has 186 valence electrons. The summed E-state index contributed by atoms with van der Waals surface area (Å²) in [4.78, 5) is 0. The van der Waals surface area contributed by atoms with Gasteiger partial charge in [-0.25, -0.2) is 0 Å². The molecule has 0 spiro atoms. The van der Waals surface area contributed by atoms with Gasteiger partial charge < -0.3 is 0 Å². The van der Waals surface area contributed by atoms with Crippen LogP contribution in [0, 0.1) is 13.8 Å². The minimum Gasteiger partial charge on any atom is -0.139 e. The first-order chi connectivity index (χ1) is 19.2. The van der Waals surface area contributed by atoms with Crippen LogP contribution in [0.5, 0.6) is 0 Å². The van der Waals surface area contributed by atoms with Gasteiger partial charge in [0.25, 0.3) is 0 Å². The Labute approximate surface area is 228 Å². The zero-order chi connectivity index (χ0) is 26.3. The molecule has 7 rings (SSSR count). The molecule has 1 aliphatic carbocycles. The highest BCUT2D eigenvalue weighted by Crippen LogP contribution is 2.51. The molecule has 3 nitrogen and oxygen atoms in total. The molecule has 1 aromatic heterocycles. The molecule has 0 unspecified atom stereocenters. The molecule has 0 atom stereocenters. The average molecular weight is 502 g/mol. The van der Waals surface area contributed by atoms with Crippen molar-refractivity contribution in [2.75, 3.05) is 0 Å². The van der Waals surface area contributed by atoms with Crippen LogP contribution in [-0.4, -0.2) is 15.4 Å². The molecular weight excluding hydrogens is 474 g/mol. The number of fused-ring (bicyclic) bond motifs is 3. The highest BCUT2D eigenvalue weighted by molar-refractivity contribution is 6.04. The van der Waals surface area contributed by atoms with Crippen molar-refractivity contribution in [3.63, 3.8) is 0 Å². The van der Waals surface area contributed by atoms with E-state index in [0.717, 1.165) is 28.8 Å². The lowest BCUT2D eigenvalue weighted by Crippen LogP contribution is -2.02. The normalized spacial score (nSPS) is 11.7. The Morgan fingerprint density at radius 2 is 1.21 bits per heavy atom. The third kappa shape index (κ3) is 3.86. The second-order valence-corrected chi connectivity index (χ2v) is 10.2. The number of rotatable bonds is 4. The van der Waals surface area contributed by atoms with Crippen LogP contribution in [-0.2, 0) is 6.42 Å². The second kappa shape index (κ2) is 9.45. The summed E-state index contributed by atoms with van der Waals surface area (Å²) >= 11 is 0. The Kier molecular flexibility index (Phi) is 5.63. The molecule has 0 amide bonds. The van der Waals surface area contributed by atoms with E-state index in [4.69, 9.17) is 0 Å². The largest absolute Gasteiger partial charge is 0.139 e. The Morgan fingerprint density at radius 1 is 0.564 bits per heavy atom. The molecule has 0 saturated heterocycles. The first-order valence-electron chi connectivity index (χ1n) is 13.3. The molecule has 1 aliphatic rings. The number of hydrogen-bond acceptors (Lipinski definition) is 3. The Morgan fingerprint density at radius 3 is 1.87 bits per heavy atom. The van der Waals surface area contributed by atoms with E-state index in [2.05, 4.69) is 132 Å². The summed E-state index contributed by atoms with van der Waals surface area (Å²) in [5, 5.41) is 12.7. The van der Waals surface area contributed by atoms with Gasteiger partial charge in [0.05, 0.1) is 11.9 Å². The third-order valence-electron chi connectivity index (χ3n) is 8.01. The van der Waals surface area contributed by atoms with E-state index in [1.165, 1.54) is 55.6 Å². The Bertz CT molecular complexity index is 1830. The van der Waals surface area contributed by atoms with Crippen molar-refractivity contribution in [1.82, 2.24) is 15.4 Å². The Hall–Kier alpha value is -4.89. The fourth-order valence-corrected chi connectivity index (χ4v) is 6.08. The van der Waals surface area contributed by atoms with Crippen LogP contribution in [0.3, 0.4) is 0 Å². The zero-order valence-electron chi connectivity index (χ0n) is 22.0. The molecular formula is C36H27N3. The van der Waals surface area contributed by atoms with E-state index in [1.807, 2.05) is 6.07 Å². The first kappa shape index (κ1) is 23.2. The molecule has 0 radical (unpaired) electrons. The van der Waals surface area contributed by atoms with Gasteiger partial charge in [0.15, 0.2) is 0 Å². The van der Waals surface area contributed by atoms with Crippen LogP contribution in [0.1, 0.15) is 22.3 Å². The number of aryl methyl sites for hydroxylation is 1. The SMILES string of the molecule is Cc1cc2c(c(-c3c(-c4ccccc4)ccc(-c4ccccc4)c3-c3ccnnn3)c1C)Cc1ccccc1-2. The van der Waals surface area contributed by atoms with E-state index in [9.17, 15) is 0 Å². The third-order valence-corrected chi connectivity index (χ3v) is 8.01. The van der Waals surface area contributed by atoms with Crippen molar-refractivity contribution in [3.05, 3.63) is 138 Å². The van der Waals surface area contributed by atoms with E-state index < -0.39 is 0 Å². The highest BCUT2D eigenvalue weighted by atomic mass is 15.3. The van der Waals surface area contributed by atoms with Crippen molar-refractivity contribution in [2.24, 2.45) is 0 Å². The molecule has 1 heterocycles. The van der Waals surface area contributed by atoms with Gasteiger partial charge in [-0.05, 0) is 92.7 Å². The second-order valence-electron chi connectivity index (χ2n) is 10.2. The maximum absolute atomic E-state index is 4.58. The van der Waals surface area contributed by atoms with Crippen molar-refractivity contribution >= 4 is 0 Å². The van der Waals surface area contributed by atoms with E-state index in [-0.39, 0.29) is 0 Å². The van der Waals surface area contributed by atoms with Crippen LogP contribution in [0.4, 0.5) is 0 Å². The van der Waals surface area contributed by atoms with Crippen LogP contribution in [0.25, 0.3) is 55.8 Å². The molecule has 6 aromatic rings. The number of benzene rings is 5. The summed E-state index contributed by atoms with van der Waals surface area (Å²) in [5.41, 5.74) is 17.1. The van der Waals surface area contributed by atoms with Gasteiger partial charge in [0, 0.05) is 11.1 Å². The minimum atomic E-state index is 0.821. The molecule has 3 heteroatoms. The predicted molar refractivity (Wildman–Crippen MR) is 159 cm³/mol. The summed E-state index contributed by atoms with van der Waals surface area (Å²) in [5.74, 6) is 0. The van der Waals surface area contributed by atoms with Gasteiger partial charge >= 0.3 is 0 Å². The number of hydrogen-bond donors (Lipinski definition) is 0. The topological polar surface area (TPSA) is 38.7 Å². The van der Waals surface area contributed by atoms with E-state index in [0.29, 0.717) is 0 Å². The van der Waals surface area contributed by atoms with Crippen LogP contribution in [0.15, 0.2) is 115 Å². The molecule has 0 N–H and O–H groups in total. The van der Waals surface area contributed by atoms with Crippen molar-refractivity contribution in [1.29, 1.82) is 0 Å². The average Bonchev–Trinajstić information content (AvgIpc) is 3.36. The summed E-state index contributed by atoms with van der Waals surface area (Å²) in [6.45, 7) is 4.50. The number of nitrogens with zero attached hydrogens (tertiary/aromatic N) is 3. The van der Waals surface area contributed by atoms with E-state index >= 15 is 0 Å². The maximum atomic E-state index is 4.58. The fraction of sp³-hybridized carbons (Fsp3) is 0.0833. The molecule has 0 saturated carbocycles. The van der Waals surface area contributed by atoms with Crippen molar-refractivity contribution in [3.8, 4) is 55.8 Å². The Balaban J connectivity index is 1.66. The zero-order valence-corrected chi connectivity index (χ0v) is 22.0. The monoisotopic (exact) mass is 501 g/mol. The lowest BCUT2D eigenvalue weighted by molar-refractivity contribution is 0.871. The summed E-state index contributed by atoms with van der Waals surface area (Å²) in [6, 6.07) is 38.9. The summed E-state index contributed by atoms with van der Waals surface area (Å²) in [6.07, 6.45) is 2.65. The van der Waals surface area contributed by atoms with Gasteiger partial charge in [-0.2, -0.15) is 0 Å². The maximum Gasteiger partial charge on any atom is 0.0976 e. The van der Waals surface area contributed by atoms with Gasteiger partial charge in [-0.1, -0.05) is 103 Å². The predicted octanol–water partition coefficient (Wildman–Crippen LogP) is 8.73. The molecule has 0 fully saturated rings. The lowest BCUT2D eigenvalue weighted by atomic mass is 9.79. The smallest absolute Gasteiger partial charge is 0.0976 e.